The number of aliphatic hydroxyl groups excluding tert-OH is 2. The second-order valence-corrected chi connectivity index (χ2v) is 5.02. The second kappa shape index (κ2) is 11.1. The Kier molecular flexibility index (Phi) is 15.1. The summed E-state index contributed by atoms with van der Waals surface area (Å²) in [6.07, 6.45) is -5.59. The summed E-state index contributed by atoms with van der Waals surface area (Å²) in [5.41, 5.74) is 0. The first-order valence-corrected chi connectivity index (χ1v) is 6.83. The zero-order valence-electron chi connectivity index (χ0n) is 12.2. The molecule has 2 atom stereocenters. The van der Waals surface area contributed by atoms with Crippen LogP contribution < -0.4 is 103 Å². The summed E-state index contributed by atoms with van der Waals surface area (Å²) in [5.74, 6) is -4.17. The molecule has 0 spiro atoms. The van der Waals surface area contributed by atoms with Gasteiger partial charge in [0.25, 0.3) is 0 Å². The number of phosphoric ester groups is 2. The molecule has 0 saturated heterocycles. The maximum atomic E-state index is 10.7. The van der Waals surface area contributed by atoms with Gasteiger partial charge in [-0.25, -0.2) is 18.7 Å². The van der Waals surface area contributed by atoms with E-state index >= 15 is 0 Å². The molecule has 0 bridgehead atoms. The van der Waals surface area contributed by atoms with E-state index in [1.807, 2.05) is 0 Å². The Bertz CT molecular complexity index is 395. The molecular formula is C4H10K2O12P2. The van der Waals surface area contributed by atoms with Crippen molar-refractivity contribution in [2.45, 2.75) is 12.2 Å². The van der Waals surface area contributed by atoms with Gasteiger partial charge in [-0.3, -0.25) is 19.6 Å². The van der Waals surface area contributed by atoms with E-state index in [9.17, 15) is 18.7 Å². The molecule has 0 aromatic heterocycles. The summed E-state index contributed by atoms with van der Waals surface area (Å²) in [4.78, 5) is 54.2. The molecule has 110 valence electrons. The Hall–Kier alpha value is 2.43. The van der Waals surface area contributed by atoms with Crippen molar-refractivity contribution < 1.29 is 163 Å². The molecule has 20 heavy (non-hydrogen) atoms. The summed E-state index contributed by atoms with van der Waals surface area (Å²) in [7, 11) is -10.6. The van der Waals surface area contributed by atoms with Crippen LogP contribution in [0.3, 0.4) is 0 Å². The Labute approximate surface area is 199 Å². The predicted molar refractivity (Wildman–Crippen MR) is 50.5 cm³/mol. The van der Waals surface area contributed by atoms with E-state index < -0.39 is 39.8 Å². The van der Waals surface area contributed by atoms with Gasteiger partial charge in [0.1, 0.15) is 0 Å². The molecule has 0 rings (SSSR count). The van der Waals surface area contributed by atoms with Crippen LogP contribution in [0.1, 0.15) is 2.85 Å². The summed E-state index contributed by atoms with van der Waals surface area (Å²) < 4.78 is 27.0. The molecule has 16 heteroatoms. The van der Waals surface area contributed by atoms with Crippen LogP contribution in [0.15, 0.2) is 0 Å². The number of hydrogen-bond acceptors (Lipinski definition) is 8. The maximum Gasteiger partial charge on any atom is 1.00 e. The van der Waals surface area contributed by atoms with Crippen molar-refractivity contribution in [3.8, 4) is 0 Å². The maximum absolute atomic E-state index is 10.7. The van der Waals surface area contributed by atoms with Gasteiger partial charge in [-0.2, -0.15) is 0 Å². The van der Waals surface area contributed by atoms with Crippen LogP contribution in [-0.2, 0) is 27.8 Å². The Morgan fingerprint density at radius 1 is 0.800 bits per heavy atom. The van der Waals surface area contributed by atoms with E-state index in [-0.39, 0.29) is 106 Å². The monoisotopic (exact) mass is 390 g/mol. The third-order valence-corrected chi connectivity index (χ3v) is 2.04. The molecule has 0 aliphatic rings. The zero-order chi connectivity index (χ0) is 14.7. The average molecular weight is 390 g/mol. The normalized spacial score (nSPS) is 14.1. The molecule has 2 unspecified atom stereocenters. The number of carbonyl (C=O) groups excluding carboxylic acids is 2. The number of carbonyl (C=O) groups is 2. The largest absolute Gasteiger partial charge is 1.00 e. The molecule has 0 radical (unpaired) electrons. The van der Waals surface area contributed by atoms with E-state index in [1.54, 1.807) is 0 Å². The molecule has 0 fully saturated rings. The fourth-order valence-electron chi connectivity index (χ4n) is 0.600. The van der Waals surface area contributed by atoms with Crippen molar-refractivity contribution in [3.05, 3.63) is 0 Å². The van der Waals surface area contributed by atoms with E-state index in [4.69, 9.17) is 29.8 Å². The van der Waals surface area contributed by atoms with Crippen LogP contribution in [0, 0.1) is 0 Å². The van der Waals surface area contributed by atoms with Gasteiger partial charge < -0.3 is 22.1 Å². The van der Waals surface area contributed by atoms with E-state index in [0.717, 1.165) is 0 Å². The molecule has 0 saturated carbocycles. The van der Waals surface area contributed by atoms with Gasteiger partial charge in [0.15, 0.2) is 12.2 Å². The summed E-state index contributed by atoms with van der Waals surface area (Å²) in [6.45, 7) is 0. The van der Waals surface area contributed by atoms with Gasteiger partial charge in [0.2, 0.25) is 0 Å². The summed E-state index contributed by atoms with van der Waals surface area (Å²) in [5, 5.41) is 17.8. The molecule has 0 aliphatic heterocycles. The smallest absolute Gasteiger partial charge is 1.00 e. The van der Waals surface area contributed by atoms with E-state index in [1.165, 1.54) is 0 Å². The summed E-state index contributed by atoms with van der Waals surface area (Å²) >= 11 is 0. The number of phosphoric acid groups is 2. The minimum atomic E-state index is -5.31. The standard InChI is InChI=1S/C4H8O12P2.2K.2H/c5-1(3(7)15-17(9,10)11)2(6)4(8)16-18(12,13)14;;;;/h1-2,5-6H,(H2,9,10,11)(H2,12,13,14);;;;/q;2*+1;2*-1. The van der Waals surface area contributed by atoms with E-state index in [2.05, 4.69) is 9.05 Å². The van der Waals surface area contributed by atoms with E-state index in [0.29, 0.717) is 0 Å². The molecule has 0 amide bonds. The van der Waals surface area contributed by atoms with Crippen molar-refractivity contribution >= 4 is 27.6 Å². The van der Waals surface area contributed by atoms with Crippen LogP contribution in [0.2, 0.25) is 0 Å². The fraction of sp³-hybridized carbons (Fsp3) is 0.500. The van der Waals surface area contributed by atoms with Crippen molar-refractivity contribution in [3.63, 3.8) is 0 Å². The topological polar surface area (TPSA) is 208 Å². The van der Waals surface area contributed by atoms with Gasteiger partial charge in [0, 0.05) is 0 Å². The van der Waals surface area contributed by atoms with Gasteiger partial charge >= 0.3 is 130 Å². The molecule has 0 aliphatic carbocycles. The molecular weight excluding hydrogens is 380 g/mol. The Morgan fingerprint density at radius 3 is 1.15 bits per heavy atom. The summed E-state index contributed by atoms with van der Waals surface area (Å²) in [6, 6.07) is 0. The van der Waals surface area contributed by atoms with Crippen LogP contribution in [0.25, 0.3) is 0 Å². The second-order valence-electron chi connectivity index (χ2n) is 2.69. The van der Waals surface area contributed by atoms with Crippen molar-refractivity contribution in [2.24, 2.45) is 0 Å². The van der Waals surface area contributed by atoms with Crippen LogP contribution in [-0.4, -0.2) is 53.9 Å². The molecule has 6 N–H and O–H groups in total. The zero-order valence-corrected chi connectivity index (χ0v) is 18.2. The minimum absolute atomic E-state index is 0. The van der Waals surface area contributed by atoms with Crippen molar-refractivity contribution in [1.82, 2.24) is 0 Å². The Balaban J connectivity index is -0.000000241. The third-order valence-electron chi connectivity index (χ3n) is 1.20. The Morgan fingerprint density at radius 2 is 1.00 bits per heavy atom. The molecule has 0 heterocycles. The van der Waals surface area contributed by atoms with Crippen LogP contribution in [0.5, 0.6) is 0 Å². The molecule has 0 aromatic carbocycles. The predicted octanol–water partition coefficient (Wildman–Crippen LogP) is -8.79. The van der Waals surface area contributed by atoms with Crippen LogP contribution in [0.4, 0.5) is 0 Å². The molecule has 12 nitrogen and oxygen atoms in total. The first kappa shape index (κ1) is 27.3. The van der Waals surface area contributed by atoms with Gasteiger partial charge in [0.05, 0.1) is 0 Å². The minimum Gasteiger partial charge on any atom is -1.00 e. The molecule has 0 aromatic rings. The number of aliphatic hydroxyl groups is 2. The fourth-order valence-corrected chi connectivity index (χ4v) is 1.29. The van der Waals surface area contributed by atoms with Gasteiger partial charge in [-0.1, -0.05) is 0 Å². The quantitative estimate of drug-likeness (QED) is 0.191. The van der Waals surface area contributed by atoms with Crippen molar-refractivity contribution in [2.75, 3.05) is 0 Å². The van der Waals surface area contributed by atoms with Gasteiger partial charge in [-0.05, 0) is 0 Å². The SMILES string of the molecule is O=C(OP(=O)(O)O)C(O)C(O)C(=O)OP(=O)(O)O.[H-].[H-].[K+].[K+]. The first-order valence-electron chi connectivity index (χ1n) is 3.77. The number of hydrogen-bond donors (Lipinski definition) is 6. The average Bonchev–Trinajstić information content (AvgIpc) is 2.09. The third kappa shape index (κ3) is 12.9. The number of rotatable bonds is 5. The van der Waals surface area contributed by atoms with Crippen molar-refractivity contribution in [1.29, 1.82) is 0 Å². The first-order chi connectivity index (χ1) is 7.83. The van der Waals surface area contributed by atoms with Gasteiger partial charge in [-0.15, -0.1) is 0 Å². The van der Waals surface area contributed by atoms with Crippen LogP contribution >= 0.6 is 15.6 Å².